The highest BCUT2D eigenvalue weighted by Gasteiger charge is 2.27. The van der Waals surface area contributed by atoms with E-state index in [1.165, 1.54) is 0 Å². The molecule has 0 aromatic carbocycles. The van der Waals surface area contributed by atoms with Gasteiger partial charge in [-0.25, -0.2) is 0 Å². The van der Waals surface area contributed by atoms with E-state index in [-0.39, 0.29) is 24.6 Å². The first-order chi connectivity index (χ1) is 7.90. The molecular formula is C13H18O4. The summed E-state index contributed by atoms with van der Waals surface area (Å²) in [5.41, 5.74) is 1.90. The van der Waals surface area contributed by atoms with Gasteiger partial charge < -0.3 is 10.2 Å². The van der Waals surface area contributed by atoms with Crippen molar-refractivity contribution in [3.05, 3.63) is 22.3 Å². The highest BCUT2D eigenvalue weighted by Crippen LogP contribution is 2.27. The number of ketones is 2. The van der Waals surface area contributed by atoms with Gasteiger partial charge in [0.1, 0.15) is 0 Å². The molecule has 0 radical (unpaired) electrons. The fourth-order valence-corrected chi connectivity index (χ4v) is 1.86. The zero-order chi connectivity index (χ0) is 13.2. The Bertz CT molecular complexity index is 415. The van der Waals surface area contributed by atoms with Crippen LogP contribution in [0.1, 0.15) is 33.6 Å². The van der Waals surface area contributed by atoms with Gasteiger partial charge in [-0.1, -0.05) is 0 Å². The Balaban J connectivity index is 2.92. The van der Waals surface area contributed by atoms with Crippen LogP contribution in [0.25, 0.3) is 0 Å². The van der Waals surface area contributed by atoms with Crippen LogP contribution in [0.15, 0.2) is 22.3 Å². The second kappa shape index (κ2) is 5.38. The summed E-state index contributed by atoms with van der Waals surface area (Å²) in [5.74, 6) is -0.222. The van der Waals surface area contributed by atoms with Crippen molar-refractivity contribution in [1.82, 2.24) is 0 Å². The van der Waals surface area contributed by atoms with Crippen molar-refractivity contribution in [2.75, 3.05) is 6.61 Å². The van der Waals surface area contributed by atoms with Gasteiger partial charge in [-0.15, -0.1) is 0 Å². The topological polar surface area (TPSA) is 74.6 Å². The summed E-state index contributed by atoms with van der Waals surface area (Å²) in [4.78, 5) is 23.8. The maximum absolute atomic E-state index is 12.0. The van der Waals surface area contributed by atoms with E-state index in [2.05, 4.69) is 0 Å². The van der Waals surface area contributed by atoms with Gasteiger partial charge >= 0.3 is 0 Å². The molecule has 1 rings (SSSR count). The third kappa shape index (κ3) is 2.70. The van der Waals surface area contributed by atoms with Crippen molar-refractivity contribution in [2.45, 2.75) is 39.7 Å². The second-order valence-electron chi connectivity index (χ2n) is 4.39. The second-order valence-corrected chi connectivity index (χ2v) is 4.39. The molecular weight excluding hydrogens is 220 g/mol. The maximum atomic E-state index is 12.0. The lowest BCUT2D eigenvalue weighted by molar-refractivity contribution is -0.116. The van der Waals surface area contributed by atoms with Crippen LogP contribution >= 0.6 is 0 Å². The molecule has 0 saturated heterocycles. The molecule has 0 aromatic rings. The van der Waals surface area contributed by atoms with Gasteiger partial charge in [-0.2, -0.15) is 0 Å². The minimum atomic E-state index is -0.842. The van der Waals surface area contributed by atoms with Gasteiger partial charge in [0, 0.05) is 22.3 Å². The number of hydrogen-bond donors (Lipinski definition) is 2. The third-order valence-corrected chi connectivity index (χ3v) is 3.25. The molecule has 2 N–H and O–H groups in total. The Labute approximate surface area is 101 Å². The first-order valence-corrected chi connectivity index (χ1v) is 5.65. The van der Waals surface area contributed by atoms with Crippen LogP contribution < -0.4 is 0 Å². The molecule has 0 heterocycles. The van der Waals surface area contributed by atoms with Crippen molar-refractivity contribution in [3.63, 3.8) is 0 Å². The first kappa shape index (κ1) is 13.8. The molecule has 1 aliphatic rings. The van der Waals surface area contributed by atoms with Gasteiger partial charge in [0.2, 0.25) is 0 Å². The number of carbonyl (C=O) groups is 2. The molecule has 1 atom stereocenters. The summed E-state index contributed by atoms with van der Waals surface area (Å²) < 4.78 is 0. The molecule has 4 nitrogen and oxygen atoms in total. The SMILES string of the molecule is CC1=C(C)C(=O)C(CCC(O)CO)=C(C)C1=O. The molecule has 0 saturated carbocycles. The quantitative estimate of drug-likeness (QED) is 0.714. The molecule has 94 valence electrons. The fraction of sp³-hybridized carbons (Fsp3) is 0.538. The van der Waals surface area contributed by atoms with Gasteiger partial charge in [0.15, 0.2) is 11.6 Å². The van der Waals surface area contributed by atoms with Gasteiger partial charge in [0.25, 0.3) is 0 Å². The van der Waals surface area contributed by atoms with Crippen LogP contribution in [-0.2, 0) is 9.59 Å². The molecule has 4 heteroatoms. The molecule has 0 spiro atoms. The molecule has 1 aliphatic carbocycles. The van der Waals surface area contributed by atoms with E-state index in [1.807, 2.05) is 0 Å². The average Bonchev–Trinajstić information content (AvgIpc) is 2.33. The number of aliphatic hydroxyl groups excluding tert-OH is 2. The summed E-state index contributed by atoms with van der Waals surface area (Å²) >= 11 is 0. The smallest absolute Gasteiger partial charge is 0.185 e. The van der Waals surface area contributed by atoms with E-state index in [9.17, 15) is 14.7 Å². The van der Waals surface area contributed by atoms with E-state index >= 15 is 0 Å². The van der Waals surface area contributed by atoms with Crippen molar-refractivity contribution in [1.29, 1.82) is 0 Å². The van der Waals surface area contributed by atoms with Crippen LogP contribution in [-0.4, -0.2) is 34.5 Å². The lowest BCUT2D eigenvalue weighted by atomic mass is 9.84. The minimum Gasteiger partial charge on any atom is -0.394 e. The third-order valence-electron chi connectivity index (χ3n) is 3.25. The molecule has 1 unspecified atom stereocenters. The van der Waals surface area contributed by atoms with Gasteiger partial charge in [0.05, 0.1) is 12.7 Å². The Morgan fingerprint density at radius 3 is 2.06 bits per heavy atom. The normalized spacial score (nSPS) is 19.1. The summed E-state index contributed by atoms with van der Waals surface area (Å²) in [7, 11) is 0. The fourth-order valence-electron chi connectivity index (χ4n) is 1.86. The number of rotatable bonds is 4. The molecule has 0 bridgehead atoms. The van der Waals surface area contributed by atoms with Crippen LogP contribution in [0.5, 0.6) is 0 Å². The number of Topliss-reactive ketones (excluding diaryl/α,β-unsaturated/α-hetero) is 2. The molecule has 0 amide bonds. The number of aliphatic hydroxyl groups is 2. The van der Waals surface area contributed by atoms with E-state index in [0.29, 0.717) is 28.7 Å². The predicted octanol–water partition coefficient (Wildman–Crippen LogP) is 0.924. The Hall–Kier alpha value is -1.26. The number of hydrogen-bond acceptors (Lipinski definition) is 4. The van der Waals surface area contributed by atoms with Crippen molar-refractivity contribution in [2.24, 2.45) is 0 Å². The standard InChI is InChI=1S/C13H18O4/c1-7-8(2)13(17)11(9(3)12(7)16)5-4-10(15)6-14/h10,14-15H,4-6H2,1-3H3. The van der Waals surface area contributed by atoms with Gasteiger partial charge in [-0.05, 0) is 33.6 Å². The zero-order valence-electron chi connectivity index (χ0n) is 10.4. The van der Waals surface area contributed by atoms with E-state index in [4.69, 9.17) is 5.11 Å². The number of allylic oxidation sites excluding steroid dienone is 4. The molecule has 17 heavy (non-hydrogen) atoms. The Morgan fingerprint density at radius 2 is 1.53 bits per heavy atom. The Kier molecular flexibility index (Phi) is 4.37. The van der Waals surface area contributed by atoms with E-state index in [0.717, 1.165) is 0 Å². The maximum Gasteiger partial charge on any atom is 0.185 e. The summed E-state index contributed by atoms with van der Waals surface area (Å²) in [6.45, 7) is 4.60. The van der Waals surface area contributed by atoms with Crippen molar-refractivity contribution < 1.29 is 19.8 Å². The Morgan fingerprint density at radius 1 is 1.00 bits per heavy atom. The largest absolute Gasteiger partial charge is 0.394 e. The minimum absolute atomic E-state index is 0.101. The lowest BCUT2D eigenvalue weighted by Crippen LogP contribution is -2.22. The van der Waals surface area contributed by atoms with Crippen LogP contribution in [0.3, 0.4) is 0 Å². The van der Waals surface area contributed by atoms with E-state index < -0.39 is 6.10 Å². The molecule has 0 aromatic heterocycles. The van der Waals surface area contributed by atoms with Crippen molar-refractivity contribution >= 4 is 11.6 Å². The van der Waals surface area contributed by atoms with Crippen LogP contribution in [0.4, 0.5) is 0 Å². The predicted molar refractivity (Wildman–Crippen MR) is 63.4 cm³/mol. The van der Waals surface area contributed by atoms with E-state index in [1.54, 1.807) is 20.8 Å². The summed E-state index contributed by atoms with van der Waals surface area (Å²) in [5, 5.41) is 18.0. The highest BCUT2D eigenvalue weighted by atomic mass is 16.3. The molecule has 0 aliphatic heterocycles. The monoisotopic (exact) mass is 238 g/mol. The van der Waals surface area contributed by atoms with Crippen LogP contribution in [0, 0.1) is 0 Å². The summed E-state index contributed by atoms with van der Waals surface area (Å²) in [6.07, 6.45) is -0.234. The van der Waals surface area contributed by atoms with Gasteiger partial charge in [-0.3, -0.25) is 9.59 Å². The highest BCUT2D eigenvalue weighted by molar-refractivity contribution is 6.24. The zero-order valence-corrected chi connectivity index (χ0v) is 10.4. The lowest BCUT2D eigenvalue weighted by Gasteiger charge is -2.19. The average molecular weight is 238 g/mol. The van der Waals surface area contributed by atoms with Crippen LogP contribution in [0.2, 0.25) is 0 Å². The van der Waals surface area contributed by atoms with Crippen molar-refractivity contribution in [3.8, 4) is 0 Å². The molecule has 0 fully saturated rings. The first-order valence-electron chi connectivity index (χ1n) is 5.65. The number of carbonyl (C=O) groups excluding carboxylic acids is 2. The summed E-state index contributed by atoms with van der Waals surface area (Å²) in [6, 6.07) is 0.